The Morgan fingerprint density at radius 3 is 0.547 bits per heavy atom. The molecular weight excluding hydrogens is 1030 g/mol. The van der Waals surface area contributed by atoms with Gasteiger partial charge in [-0.1, -0.05) is 0 Å². The van der Waals surface area contributed by atoms with Gasteiger partial charge in [0.2, 0.25) is 0 Å². The number of fused-ring (bicyclic) bond motifs is 2. The monoisotopic (exact) mass is 1100 g/mol. The molecule has 75 heavy (non-hydrogen) atoms. The Morgan fingerprint density at radius 2 is 0.333 bits per heavy atom. The second-order valence-corrected chi connectivity index (χ2v) is 19.8. The summed E-state index contributed by atoms with van der Waals surface area (Å²) >= 11 is 0. The van der Waals surface area contributed by atoms with Crippen LogP contribution in [0.5, 0.6) is 0 Å². The molecule has 21 saturated heterocycles. The van der Waals surface area contributed by atoms with Gasteiger partial charge in [0.05, 0.1) is 46.2 Å². The second kappa shape index (κ2) is 23.3. The van der Waals surface area contributed by atoms with Gasteiger partial charge >= 0.3 is 0 Å². The molecule has 0 aromatic rings. The SMILES string of the molecule is OC[C@H]1O[C@@H]2O[C@H]3[C@H](O)[C@@H](O)[C@@H](O[C@H]4[C@H]5O[C@H]5[C@@H](O[C@H]5[C@H](O)[C@@H](O)[C@@H](O[C@H]6[C@H]7O[C@H]7[C@@H](O[C@H]7[C@H](O)[C@@H](O)[C@@H](O[C@H]8[C@H](O)[C@@H](O)[C@@H](O[C@H]1[C@H](O)[C@H]2O)O[C@@H]8CO)O[C@@H]7CO)O[C@@H]6CO)O[C@@H]5CO)O[C@@H]4CO)O[C@@H]3CO. The maximum absolute atomic E-state index is 11.4. The highest BCUT2D eigenvalue weighted by atomic mass is 16.8. The number of aliphatic hydroxyl groups is 17. The van der Waals surface area contributed by atoms with Gasteiger partial charge in [0.25, 0.3) is 0 Å². The highest BCUT2D eigenvalue weighted by Crippen LogP contribution is 2.45. The molecule has 0 aromatic carbocycles. The third-order valence-electron chi connectivity index (χ3n) is 15.2. The fourth-order valence-electron chi connectivity index (χ4n) is 10.9. The fraction of sp³-hybridized carbons (Fsp3) is 1.00. The molecule has 0 aromatic heterocycles. The molecular formula is C42H66O33. The Bertz CT molecular complexity index is 1860. The van der Waals surface area contributed by atoms with Gasteiger partial charge in [-0.15, -0.1) is 0 Å². The zero-order chi connectivity index (χ0) is 53.5. The molecule has 33 heteroatoms. The zero-order valence-electron chi connectivity index (χ0n) is 39.3. The largest absolute Gasteiger partial charge is 0.394 e. The minimum absolute atomic E-state index is 0.778. The van der Waals surface area contributed by atoms with Crippen LogP contribution in [-0.4, -0.2) is 348 Å². The van der Waals surface area contributed by atoms with Crippen LogP contribution in [0.4, 0.5) is 0 Å². The first-order chi connectivity index (χ1) is 36.0. The minimum atomic E-state index is -2.14. The summed E-state index contributed by atoms with van der Waals surface area (Å²) in [5.41, 5.74) is 0. The average molecular weight is 1100 g/mol. The summed E-state index contributed by atoms with van der Waals surface area (Å²) in [6.07, 6.45) is -58.2. The molecule has 35 atom stereocenters. The van der Waals surface area contributed by atoms with E-state index < -0.39 is 261 Å². The smallest absolute Gasteiger partial charge is 0.187 e. The number of hydrogen-bond donors (Lipinski definition) is 17. The van der Waals surface area contributed by atoms with E-state index in [2.05, 4.69) is 0 Å². The third kappa shape index (κ3) is 10.6. The van der Waals surface area contributed by atoms with Crippen molar-refractivity contribution in [3.63, 3.8) is 0 Å². The van der Waals surface area contributed by atoms with Crippen molar-refractivity contribution in [1.29, 1.82) is 0 Å². The van der Waals surface area contributed by atoms with Gasteiger partial charge < -0.3 is 163 Å². The third-order valence-corrected chi connectivity index (χ3v) is 15.2. The molecule has 0 saturated carbocycles. The molecule has 0 unspecified atom stereocenters. The van der Waals surface area contributed by atoms with Gasteiger partial charge in [0, 0.05) is 0 Å². The van der Waals surface area contributed by atoms with E-state index in [0.717, 1.165) is 0 Å². The Kier molecular flexibility index (Phi) is 17.7. The molecule has 14 bridgehead atoms. The average Bonchev–Trinajstić information content (AvgIpc) is 4.37. The van der Waals surface area contributed by atoms with Gasteiger partial charge in [-0.3, -0.25) is 0 Å². The lowest BCUT2D eigenvalue weighted by molar-refractivity contribution is -0.392. The van der Waals surface area contributed by atoms with E-state index in [1.807, 2.05) is 0 Å². The van der Waals surface area contributed by atoms with Gasteiger partial charge in [0.1, 0.15) is 171 Å². The van der Waals surface area contributed by atoms with E-state index in [9.17, 15) is 86.8 Å². The van der Waals surface area contributed by atoms with Gasteiger partial charge in [-0.05, 0) is 0 Å². The summed E-state index contributed by atoms with van der Waals surface area (Å²) in [5, 5.41) is 186. The van der Waals surface area contributed by atoms with Crippen LogP contribution in [0.1, 0.15) is 0 Å². The lowest BCUT2D eigenvalue weighted by Gasteiger charge is -2.49. The Hall–Kier alpha value is -1.32. The molecule has 0 aliphatic carbocycles. The summed E-state index contributed by atoms with van der Waals surface area (Å²) in [4.78, 5) is 0. The summed E-state index contributed by atoms with van der Waals surface area (Å²) in [6.45, 7) is -6.20. The summed E-state index contributed by atoms with van der Waals surface area (Å²) in [7, 11) is 0. The van der Waals surface area contributed by atoms with E-state index in [1.165, 1.54) is 0 Å². The first-order valence-corrected chi connectivity index (χ1v) is 24.5. The molecule has 0 amide bonds. The van der Waals surface area contributed by atoms with Crippen LogP contribution in [0.15, 0.2) is 0 Å². The van der Waals surface area contributed by atoms with E-state index in [1.54, 1.807) is 0 Å². The van der Waals surface area contributed by atoms with Crippen molar-refractivity contribution in [1.82, 2.24) is 0 Å². The Labute approximate surface area is 423 Å². The molecule has 21 aliphatic rings. The second-order valence-electron chi connectivity index (χ2n) is 19.8. The molecule has 0 spiro atoms. The van der Waals surface area contributed by atoms with Gasteiger partial charge in [-0.2, -0.15) is 0 Å². The van der Waals surface area contributed by atoms with Crippen molar-refractivity contribution in [3.05, 3.63) is 0 Å². The standard InChI is InChI=1S/C42H66O33/c43-1-8-25-15(50)21(56)37(61-8)71-27-10(3-45)63-39(23(58)17(27)52)74-30-13(6-48)66-42(35-32(30)67-35)73-29-12(5-47)64-40(24(59)19(29)54)75-31-14(7-49)65-41(34-33(31)68-34)72-28-11(4-46)62-38(22(57)18(28)53)70-26-9(2-44)60-36(69-25)20(55)16(26)51/h8-59H,1-7H2/t8-,9-,10-,11-,12-,13-,14-,15-,16-,17-,18-,19-,20-,21-,22-,23-,24-,25-,26-,27-,28-,29-,30-,31-,32-,33-,34-,35-,36-,37-,38-,39-,40-,41-,42-/m1/s1. The van der Waals surface area contributed by atoms with Crippen LogP contribution < -0.4 is 0 Å². The van der Waals surface area contributed by atoms with Crippen molar-refractivity contribution in [2.45, 2.75) is 215 Å². The molecule has 21 rings (SSSR count). The molecule has 17 N–H and O–H groups in total. The van der Waals surface area contributed by atoms with Crippen molar-refractivity contribution in [2.24, 2.45) is 0 Å². The normalized spacial score (nSPS) is 57.3. The number of hydrogen-bond acceptors (Lipinski definition) is 33. The Balaban J connectivity index is 0.908. The molecule has 21 fully saturated rings. The van der Waals surface area contributed by atoms with Crippen molar-refractivity contribution < 1.29 is 163 Å². The molecule has 21 heterocycles. The van der Waals surface area contributed by atoms with Crippen molar-refractivity contribution in [3.8, 4) is 0 Å². The van der Waals surface area contributed by atoms with Gasteiger partial charge in [0.15, 0.2) is 44.0 Å². The Morgan fingerprint density at radius 1 is 0.160 bits per heavy atom. The predicted octanol–water partition coefficient (Wildman–Crippen LogP) is -13.1. The fourth-order valence-corrected chi connectivity index (χ4v) is 10.9. The first-order valence-electron chi connectivity index (χ1n) is 24.5. The number of rotatable bonds is 7. The van der Waals surface area contributed by atoms with Crippen LogP contribution in [0, 0.1) is 0 Å². The van der Waals surface area contributed by atoms with E-state index >= 15 is 0 Å². The van der Waals surface area contributed by atoms with E-state index in [0.29, 0.717) is 0 Å². The number of ether oxygens (including phenoxy) is 16. The topological polar surface area (TPSA) is 498 Å². The quantitative estimate of drug-likeness (QED) is 0.105. The van der Waals surface area contributed by atoms with Crippen LogP contribution >= 0.6 is 0 Å². The van der Waals surface area contributed by atoms with Crippen LogP contribution in [0.2, 0.25) is 0 Å². The summed E-state index contributed by atoms with van der Waals surface area (Å²) < 4.78 is 93.5. The van der Waals surface area contributed by atoms with Gasteiger partial charge in [-0.25, -0.2) is 0 Å². The summed E-state index contributed by atoms with van der Waals surface area (Å²) in [5.74, 6) is 0. The van der Waals surface area contributed by atoms with E-state index in [-0.39, 0.29) is 0 Å². The first kappa shape index (κ1) is 56.9. The lowest BCUT2D eigenvalue weighted by atomic mass is 9.95. The molecule has 21 aliphatic heterocycles. The molecule has 33 nitrogen and oxygen atoms in total. The predicted molar refractivity (Wildman–Crippen MR) is 222 cm³/mol. The summed E-state index contributed by atoms with van der Waals surface area (Å²) in [6, 6.07) is 0. The van der Waals surface area contributed by atoms with Crippen LogP contribution in [0.3, 0.4) is 0 Å². The molecule has 0 radical (unpaired) electrons. The van der Waals surface area contributed by atoms with E-state index in [4.69, 9.17) is 75.8 Å². The highest BCUT2D eigenvalue weighted by molar-refractivity contribution is 5.07. The van der Waals surface area contributed by atoms with Crippen LogP contribution in [0.25, 0.3) is 0 Å². The minimum Gasteiger partial charge on any atom is -0.394 e. The zero-order valence-corrected chi connectivity index (χ0v) is 39.3. The highest BCUT2D eigenvalue weighted by Gasteiger charge is 2.65. The lowest BCUT2D eigenvalue weighted by Crippen LogP contribution is -2.68. The number of aliphatic hydroxyl groups excluding tert-OH is 17. The molecule has 432 valence electrons. The van der Waals surface area contributed by atoms with Crippen molar-refractivity contribution >= 4 is 0 Å². The maximum atomic E-state index is 11.4. The van der Waals surface area contributed by atoms with Crippen LogP contribution in [-0.2, 0) is 75.8 Å². The maximum Gasteiger partial charge on any atom is 0.187 e. The van der Waals surface area contributed by atoms with Crippen molar-refractivity contribution in [2.75, 3.05) is 46.2 Å². The number of epoxide rings is 2.